The van der Waals surface area contributed by atoms with E-state index >= 15 is 0 Å². The van der Waals surface area contributed by atoms with Crippen molar-refractivity contribution in [3.05, 3.63) is 0 Å². The Labute approximate surface area is 147 Å². The summed E-state index contributed by atoms with van der Waals surface area (Å²) in [5.74, 6) is 0. The maximum absolute atomic E-state index is 10.1. The molecule has 0 aromatic heterocycles. The highest BCUT2D eigenvalue weighted by Crippen LogP contribution is 2.13. The molecule has 0 spiro atoms. The average molecular weight is 328 g/mol. The van der Waals surface area contributed by atoms with Crippen molar-refractivity contribution in [3.63, 3.8) is 0 Å². The summed E-state index contributed by atoms with van der Waals surface area (Å²) in [4.78, 5) is 12.1. The molecule has 0 aliphatic carbocycles. The summed E-state index contributed by atoms with van der Waals surface area (Å²) in [5.41, 5.74) is 0. The molecule has 0 aliphatic heterocycles. The Hall–Kier alpha value is -0.370. The van der Waals surface area contributed by atoms with Crippen molar-refractivity contribution in [3.8, 4) is 0 Å². The van der Waals surface area contributed by atoms with Crippen LogP contribution in [0.25, 0.3) is 0 Å². The van der Waals surface area contributed by atoms with Crippen LogP contribution in [0.4, 0.5) is 0 Å². The molecule has 0 aromatic carbocycles. The molecule has 0 amide bonds. The van der Waals surface area contributed by atoms with Crippen LogP contribution in [-0.4, -0.2) is 32.3 Å². The standard InChI is InChI=1S/C18H36O.C3H9N/c1-2-3-4-5-6-7-8-9-10-11-12-13-14-15-16-17-18-19;1-4(2)3/h18H,2-17H2,1H3;1-3H3. The van der Waals surface area contributed by atoms with Gasteiger partial charge in [0.2, 0.25) is 0 Å². The molecule has 0 fully saturated rings. The van der Waals surface area contributed by atoms with Gasteiger partial charge in [0.15, 0.2) is 0 Å². The highest BCUT2D eigenvalue weighted by atomic mass is 16.1. The zero-order chi connectivity index (χ0) is 17.6. The van der Waals surface area contributed by atoms with Crippen molar-refractivity contribution < 1.29 is 4.79 Å². The van der Waals surface area contributed by atoms with Gasteiger partial charge in [-0.05, 0) is 27.6 Å². The largest absolute Gasteiger partial charge is 0.312 e. The third-order valence-corrected chi connectivity index (χ3v) is 3.93. The fourth-order valence-electron chi connectivity index (χ4n) is 2.60. The smallest absolute Gasteiger partial charge is 0.119 e. The molecule has 0 bridgehead atoms. The van der Waals surface area contributed by atoms with E-state index in [0.717, 1.165) is 19.1 Å². The molecule has 2 heteroatoms. The number of unbranched alkanes of at least 4 members (excludes halogenated alkanes) is 15. The van der Waals surface area contributed by atoms with Gasteiger partial charge in [0.05, 0.1) is 0 Å². The first-order valence-corrected chi connectivity index (χ1v) is 10.2. The van der Waals surface area contributed by atoms with E-state index in [-0.39, 0.29) is 0 Å². The predicted octanol–water partition coefficient (Wildman–Crippen LogP) is 6.62. The third kappa shape index (κ3) is 34.1. The molecule has 0 saturated carbocycles. The Morgan fingerprint density at radius 2 is 0.826 bits per heavy atom. The van der Waals surface area contributed by atoms with Gasteiger partial charge in [-0.1, -0.05) is 96.8 Å². The highest BCUT2D eigenvalue weighted by molar-refractivity contribution is 5.48. The van der Waals surface area contributed by atoms with Crippen molar-refractivity contribution in [2.75, 3.05) is 21.1 Å². The van der Waals surface area contributed by atoms with E-state index in [4.69, 9.17) is 0 Å². The molecule has 0 radical (unpaired) electrons. The summed E-state index contributed by atoms with van der Waals surface area (Å²) in [7, 11) is 6.00. The van der Waals surface area contributed by atoms with Crippen LogP contribution < -0.4 is 0 Å². The molecular formula is C21H45NO. The quantitative estimate of drug-likeness (QED) is 0.234. The molecule has 0 heterocycles. The lowest BCUT2D eigenvalue weighted by Crippen LogP contribution is -1.99. The average Bonchev–Trinajstić information content (AvgIpc) is 2.50. The number of carbonyl (C=O) groups excluding carboxylic acids is 1. The van der Waals surface area contributed by atoms with Crippen molar-refractivity contribution in [1.29, 1.82) is 0 Å². The second kappa shape index (κ2) is 23.9. The minimum atomic E-state index is 0.762. The minimum absolute atomic E-state index is 0.762. The normalized spacial score (nSPS) is 10.5. The van der Waals surface area contributed by atoms with Gasteiger partial charge in [-0.25, -0.2) is 0 Å². The van der Waals surface area contributed by atoms with Gasteiger partial charge >= 0.3 is 0 Å². The van der Waals surface area contributed by atoms with Crippen molar-refractivity contribution in [1.82, 2.24) is 4.90 Å². The number of hydrogen-bond acceptors (Lipinski definition) is 2. The van der Waals surface area contributed by atoms with E-state index in [1.165, 1.54) is 89.9 Å². The van der Waals surface area contributed by atoms with Gasteiger partial charge in [0.1, 0.15) is 6.29 Å². The molecule has 0 aromatic rings. The lowest BCUT2D eigenvalue weighted by atomic mass is 10.0. The first-order chi connectivity index (χ1) is 11.1. The van der Waals surface area contributed by atoms with Gasteiger partial charge < -0.3 is 9.69 Å². The Bertz CT molecular complexity index is 201. The fourth-order valence-corrected chi connectivity index (χ4v) is 2.60. The van der Waals surface area contributed by atoms with Crippen LogP contribution in [0, 0.1) is 0 Å². The summed E-state index contributed by atoms with van der Waals surface area (Å²) in [6.07, 6.45) is 22.6. The van der Waals surface area contributed by atoms with E-state index in [1.807, 2.05) is 26.0 Å². The number of aldehydes is 1. The molecule has 0 saturated heterocycles. The summed E-state index contributed by atoms with van der Waals surface area (Å²) < 4.78 is 0. The van der Waals surface area contributed by atoms with E-state index in [1.54, 1.807) is 0 Å². The summed E-state index contributed by atoms with van der Waals surface area (Å²) >= 11 is 0. The van der Waals surface area contributed by atoms with Crippen LogP contribution in [0.3, 0.4) is 0 Å². The predicted molar refractivity (Wildman–Crippen MR) is 105 cm³/mol. The lowest BCUT2D eigenvalue weighted by molar-refractivity contribution is -0.107. The Morgan fingerprint density at radius 3 is 1.09 bits per heavy atom. The zero-order valence-electron chi connectivity index (χ0n) is 16.7. The third-order valence-electron chi connectivity index (χ3n) is 3.93. The van der Waals surface area contributed by atoms with Gasteiger partial charge in [-0.3, -0.25) is 0 Å². The van der Waals surface area contributed by atoms with E-state index in [2.05, 4.69) is 6.92 Å². The monoisotopic (exact) mass is 327 g/mol. The Balaban J connectivity index is 0. The number of nitrogens with zero attached hydrogens (tertiary/aromatic N) is 1. The lowest BCUT2D eigenvalue weighted by Gasteiger charge is -2.02. The van der Waals surface area contributed by atoms with Crippen molar-refractivity contribution in [2.45, 2.75) is 110 Å². The highest BCUT2D eigenvalue weighted by Gasteiger charge is 1.94. The molecule has 23 heavy (non-hydrogen) atoms. The van der Waals surface area contributed by atoms with Crippen molar-refractivity contribution in [2.24, 2.45) is 0 Å². The maximum Gasteiger partial charge on any atom is 0.119 e. The molecular weight excluding hydrogens is 282 g/mol. The van der Waals surface area contributed by atoms with Gasteiger partial charge in [-0.2, -0.15) is 0 Å². The van der Waals surface area contributed by atoms with Gasteiger partial charge in [0.25, 0.3) is 0 Å². The Morgan fingerprint density at radius 1 is 0.565 bits per heavy atom. The second-order valence-electron chi connectivity index (χ2n) is 7.25. The number of hydrogen-bond donors (Lipinski definition) is 0. The summed E-state index contributed by atoms with van der Waals surface area (Å²) in [6.45, 7) is 2.28. The molecule has 0 atom stereocenters. The van der Waals surface area contributed by atoms with Crippen molar-refractivity contribution >= 4 is 6.29 Å². The van der Waals surface area contributed by atoms with Crippen LogP contribution in [0.5, 0.6) is 0 Å². The SMILES string of the molecule is CCCCCCCCCCCCCCCCCC=O.CN(C)C. The number of rotatable bonds is 16. The zero-order valence-corrected chi connectivity index (χ0v) is 16.7. The first-order valence-electron chi connectivity index (χ1n) is 10.2. The topological polar surface area (TPSA) is 20.3 Å². The molecule has 0 rings (SSSR count). The summed E-state index contributed by atoms with van der Waals surface area (Å²) in [5, 5.41) is 0. The fraction of sp³-hybridized carbons (Fsp3) is 0.952. The second-order valence-corrected chi connectivity index (χ2v) is 7.25. The van der Waals surface area contributed by atoms with Crippen LogP contribution in [0.15, 0.2) is 0 Å². The molecule has 2 nitrogen and oxygen atoms in total. The van der Waals surface area contributed by atoms with Gasteiger partial charge in [-0.15, -0.1) is 0 Å². The van der Waals surface area contributed by atoms with Crippen LogP contribution in [0.1, 0.15) is 110 Å². The minimum Gasteiger partial charge on any atom is -0.312 e. The molecule has 0 aliphatic rings. The first kappa shape index (κ1) is 24.9. The number of carbonyl (C=O) groups is 1. The summed E-state index contributed by atoms with van der Waals surface area (Å²) in [6, 6.07) is 0. The Kier molecular flexibility index (Phi) is 25.8. The van der Waals surface area contributed by atoms with Crippen LogP contribution in [-0.2, 0) is 4.79 Å². The van der Waals surface area contributed by atoms with E-state index < -0.39 is 0 Å². The molecule has 140 valence electrons. The molecule has 0 N–H and O–H groups in total. The van der Waals surface area contributed by atoms with E-state index in [0.29, 0.717) is 0 Å². The van der Waals surface area contributed by atoms with E-state index in [9.17, 15) is 4.79 Å². The molecule has 0 unspecified atom stereocenters. The van der Waals surface area contributed by atoms with Crippen LogP contribution in [0.2, 0.25) is 0 Å². The van der Waals surface area contributed by atoms with Gasteiger partial charge in [0, 0.05) is 6.42 Å². The maximum atomic E-state index is 10.1. The van der Waals surface area contributed by atoms with Crippen LogP contribution >= 0.6 is 0 Å².